The lowest BCUT2D eigenvalue weighted by Gasteiger charge is -2.35. The number of rotatable bonds is 5. The van der Waals surface area contributed by atoms with Crippen molar-refractivity contribution in [2.24, 2.45) is 20.0 Å². The van der Waals surface area contributed by atoms with Crippen molar-refractivity contribution in [1.29, 1.82) is 5.26 Å². The van der Waals surface area contributed by atoms with Crippen LogP contribution in [0, 0.1) is 17.2 Å². The maximum absolute atomic E-state index is 12.2. The second-order valence-electron chi connectivity index (χ2n) is 6.85. The number of hydrogen-bond donors (Lipinski definition) is 1. The first-order valence-electron chi connectivity index (χ1n) is 8.48. The molecule has 0 unspecified atom stereocenters. The third-order valence-corrected chi connectivity index (χ3v) is 5.11. The molecule has 7 nitrogen and oxygen atoms in total. The lowest BCUT2D eigenvalue weighted by molar-refractivity contribution is 0.179. The summed E-state index contributed by atoms with van der Waals surface area (Å²) < 4.78 is 2.31. The Balaban J connectivity index is 2.28. The topological polar surface area (TPSA) is 83.1 Å². The monoisotopic (exact) mass is 333 g/mol. The number of nitrogens with zero attached hydrogens (tertiary/aromatic N) is 4. The first-order valence-corrected chi connectivity index (χ1v) is 8.48. The van der Waals surface area contributed by atoms with Crippen molar-refractivity contribution in [2.75, 3.05) is 26.0 Å². The summed E-state index contributed by atoms with van der Waals surface area (Å²) in [7, 11) is 7.07. The van der Waals surface area contributed by atoms with Gasteiger partial charge in [-0.15, -0.1) is 0 Å². The van der Waals surface area contributed by atoms with Crippen LogP contribution in [-0.4, -0.2) is 40.7 Å². The SMILES string of the molecule is CN(C)[C@@H](CNc1c(C#N)c(=O)n(C)c(=O)n1C)C1CCCCC1. The molecule has 1 heterocycles. The highest BCUT2D eigenvalue weighted by molar-refractivity contribution is 5.51. The molecule has 1 aromatic heterocycles. The minimum atomic E-state index is -0.554. The van der Waals surface area contributed by atoms with E-state index < -0.39 is 11.2 Å². The van der Waals surface area contributed by atoms with Crippen LogP contribution in [0.4, 0.5) is 5.82 Å². The fraction of sp³-hybridized carbons (Fsp3) is 0.706. The first-order chi connectivity index (χ1) is 11.4. The van der Waals surface area contributed by atoms with Crippen molar-refractivity contribution in [3.63, 3.8) is 0 Å². The van der Waals surface area contributed by atoms with Crippen LogP contribution in [-0.2, 0) is 14.1 Å². The van der Waals surface area contributed by atoms with E-state index in [2.05, 4.69) is 24.3 Å². The maximum Gasteiger partial charge on any atom is 0.332 e. The van der Waals surface area contributed by atoms with Gasteiger partial charge in [-0.25, -0.2) is 4.79 Å². The van der Waals surface area contributed by atoms with E-state index in [0.29, 0.717) is 24.3 Å². The van der Waals surface area contributed by atoms with Crippen LogP contribution in [0.1, 0.15) is 37.7 Å². The highest BCUT2D eigenvalue weighted by Gasteiger charge is 2.26. The molecule has 0 amide bonds. The molecule has 1 saturated carbocycles. The molecule has 132 valence electrons. The molecular formula is C17H27N5O2. The number of anilines is 1. The molecule has 1 aliphatic rings. The quantitative estimate of drug-likeness (QED) is 0.865. The predicted molar refractivity (Wildman–Crippen MR) is 94.2 cm³/mol. The lowest BCUT2D eigenvalue weighted by Crippen LogP contribution is -2.44. The number of aromatic nitrogens is 2. The summed E-state index contributed by atoms with van der Waals surface area (Å²) in [6.07, 6.45) is 6.20. The van der Waals surface area contributed by atoms with Crippen molar-refractivity contribution in [2.45, 2.75) is 38.1 Å². The van der Waals surface area contributed by atoms with E-state index in [-0.39, 0.29) is 5.56 Å². The van der Waals surface area contributed by atoms with E-state index in [1.165, 1.54) is 43.7 Å². The molecule has 0 saturated heterocycles. The van der Waals surface area contributed by atoms with Crippen LogP contribution in [0.3, 0.4) is 0 Å². The zero-order chi connectivity index (χ0) is 17.9. The van der Waals surface area contributed by atoms with Gasteiger partial charge in [-0.1, -0.05) is 19.3 Å². The Morgan fingerprint density at radius 1 is 1.21 bits per heavy atom. The molecular weight excluding hydrogens is 306 g/mol. The fourth-order valence-electron chi connectivity index (χ4n) is 3.64. The van der Waals surface area contributed by atoms with Crippen LogP contribution in [0.5, 0.6) is 0 Å². The molecule has 0 radical (unpaired) electrons. The van der Waals surface area contributed by atoms with Gasteiger partial charge in [-0.2, -0.15) is 5.26 Å². The highest BCUT2D eigenvalue weighted by atomic mass is 16.2. The third-order valence-electron chi connectivity index (χ3n) is 5.11. The Morgan fingerprint density at radius 3 is 2.38 bits per heavy atom. The first kappa shape index (κ1) is 18.3. The van der Waals surface area contributed by atoms with E-state index in [0.717, 1.165) is 4.57 Å². The van der Waals surface area contributed by atoms with Crippen LogP contribution in [0.15, 0.2) is 9.59 Å². The molecule has 1 atom stereocenters. The predicted octanol–water partition coefficient (Wildman–Crippen LogP) is 0.878. The molecule has 1 aromatic rings. The average Bonchev–Trinajstić information content (AvgIpc) is 2.58. The summed E-state index contributed by atoms with van der Waals surface area (Å²) in [4.78, 5) is 26.5. The zero-order valence-corrected chi connectivity index (χ0v) is 15.0. The van der Waals surface area contributed by atoms with Gasteiger partial charge in [0.25, 0.3) is 5.56 Å². The van der Waals surface area contributed by atoms with E-state index in [4.69, 9.17) is 0 Å². The smallest absolute Gasteiger partial charge is 0.332 e. The molecule has 0 bridgehead atoms. The van der Waals surface area contributed by atoms with Crippen molar-refractivity contribution in [1.82, 2.24) is 14.0 Å². The maximum atomic E-state index is 12.2. The van der Waals surface area contributed by atoms with Gasteiger partial charge in [-0.3, -0.25) is 13.9 Å². The molecule has 2 rings (SSSR count). The van der Waals surface area contributed by atoms with E-state index in [9.17, 15) is 14.9 Å². The van der Waals surface area contributed by atoms with Gasteiger partial charge in [0.05, 0.1) is 0 Å². The molecule has 0 aromatic carbocycles. The van der Waals surface area contributed by atoms with E-state index in [1.54, 1.807) is 7.05 Å². The minimum Gasteiger partial charge on any atom is -0.369 e. The van der Waals surface area contributed by atoms with Gasteiger partial charge in [-0.05, 0) is 32.9 Å². The Bertz CT molecular complexity index is 735. The summed E-state index contributed by atoms with van der Waals surface area (Å²) in [5.41, 5.74) is -0.997. The van der Waals surface area contributed by atoms with Crippen LogP contribution < -0.4 is 16.6 Å². The largest absolute Gasteiger partial charge is 0.369 e. The molecule has 0 aliphatic heterocycles. The van der Waals surface area contributed by atoms with Crippen molar-refractivity contribution in [3.8, 4) is 6.07 Å². The summed E-state index contributed by atoms with van der Waals surface area (Å²) in [5.74, 6) is 0.906. The van der Waals surface area contributed by atoms with Crippen molar-refractivity contribution < 1.29 is 0 Å². The molecule has 24 heavy (non-hydrogen) atoms. The van der Waals surface area contributed by atoms with Gasteiger partial charge >= 0.3 is 5.69 Å². The van der Waals surface area contributed by atoms with Crippen molar-refractivity contribution in [3.05, 3.63) is 26.4 Å². The highest BCUT2D eigenvalue weighted by Crippen LogP contribution is 2.28. The van der Waals surface area contributed by atoms with Crippen LogP contribution in [0.2, 0.25) is 0 Å². The third kappa shape index (κ3) is 3.54. The summed E-state index contributed by atoms with van der Waals surface area (Å²) in [6.45, 7) is 0.604. The Morgan fingerprint density at radius 2 is 1.83 bits per heavy atom. The Hall–Kier alpha value is -2.07. The molecule has 1 aliphatic carbocycles. The average molecular weight is 333 g/mol. The molecule has 7 heteroatoms. The Labute approximate surface area is 142 Å². The second-order valence-corrected chi connectivity index (χ2v) is 6.85. The standard InChI is InChI=1S/C17H27N5O2/c1-20(2)14(12-8-6-5-7-9-12)11-19-15-13(10-18)16(23)22(4)17(24)21(15)3/h12,14,19H,5-9,11H2,1-4H3/t14-/m0/s1. The lowest BCUT2D eigenvalue weighted by atomic mass is 9.83. The second kappa shape index (κ2) is 7.67. The molecule has 0 spiro atoms. The molecule has 1 fully saturated rings. The molecule has 1 N–H and O–H groups in total. The number of nitrogens with one attached hydrogen (secondary N) is 1. The summed E-state index contributed by atoms with van der Waals surface area (Å²) in [6, 6.07) is 2.24. The van der Waals surface area contributed by atoms with Gasteiger partial charge in [0, 0.05) is 26.7 Å². The van der Waals surface area contributed by atoms with E-state index >= 15 is 0 Å². The number of likely N-dealkylation sites (N-methyl/N-ethyl adjacent to an activating group) is 1. The number of hydrogen-bond acceptors (Lipinski definition) is 5. The van der Waals surface area contributed by atoms with Crippen molar-refractivity contribution >= 4 is 5.82 Å². The van der Waals surface area contributed by atoms with Gasteiger partial charge in [0.15, 0.2) is 5.56 Å². The number of nitriles is 1. The van der Waals surface area contributed by atoms with E-state index in [1.807, 2.05) is 6.07 Å². The zero-order valence-electron chi connectivity index (χ0n) is 15.0. The summed E-state index contributed by atoms with van der Waals surface area (Å²) >= 11 is 0. The normalized spacial score (nSPS) is 16.8. The van der Waals surface area contributed by atoms with Gasteiger partial charge < -0.3 is 10.2 Å². The fourth-order valence-corrected chi connectivity index (χ4v) is 3.64. The van der Waals surface area contributed by atoms with Gasteiger partial charge in [0.2, 0.25) is 0 Å². The Kier molecular flexibility index (Phi) is 5.84. The minimum absolute atomic E-state index is 0.0132. The van der Waals surface area contributed by atoms with Crippen LogP contribution in [0.25, 0.3) is 0 Å². The summed E-state index contributed by atoms with van der Waals surface area (Å²) in [5, 5.41) is 12.5. The van der Waals surface area contributed by atoms with Gasteiger partial charge in [0.1, 0.15) is 11.9 Å². The van der Waals surface area contributed by atoms with Crippen LogP contribution >= 0.6 is 0 Å².